The minimum atomic E-state index is 0.530. The Balaban J connectivity index is 2.49. The lowest BCUT2D eigenvalue weighted by Crippen LogP contribution is -2.27. The molecule has 1 rings (SSSR count). The van der Waals surface area contributed by atoms with Gasteiger partial charge < -0.3 is 10.1 Å². The molecule has 0 heterocycles. The Morgan fingerprint density at radius 3 is 2.74 bits per heavy atom. The summed E-state index contributed by atoms with van der Waals surface area (Å²) in [6.45, 7) is 11.9. The summed E-state index contributed by atoms with van der Waals surface area (Å²) in [5.74, 6) is 1.72. The molecule has 0 aliphatic rings. The highest BCUT2D eigenvalue weighted by atomic mass is 16.5. The summed E-state index contributed by atoms with van der Waals surface area (Å²) in [4.78, 5) is 0. The van der Waals surface area contributed by atoms with Gasteiger partial charge in [-0.3, -0.25) is 0 Å². The molecule has 1 aromatic rings. The molecule has 0 aliphatic heterocycles. The summed E-state index contributed by atoms with van der Waals surface area (Å²) in [5, 5.41) is 3.58. The van der Waals surface area contributed by atoms with Gasteiger partial charge in [-0.15, -0.1) is 0 Å². The number of para-hydroxylation sites is 1. The van der Waals surface area contributed by atoms with E-state index in [1.54, 1.807) is 6.08 Å². The first-order valence-electron chi connectivity index (χ1n) is 7.22. The Morgan fingerprint density at radius 2 is 2.05 bits per heavy atom. The normalized spacial score (nSPS) is 13.8. The number of hydrogen-bond acceptors (Lipinski definition) is 2. The van der Waals surface area contributed by atoms with Crippen molar-refractivity contribution in [3.63, 3.8) is 0 Å². The van der Waals surface area contributed by atoms with Gasteiger partial charge in [-0.25, -0.2) is 0 Å². The zero-order valence-electron chi connectivity index (χ0n) is 12.5. The molecule has 0 radical (unpaired) electrons. The van der Waals surface area contributed by atoms with Gasteiger partial charge in [0.05, 0.1) is 0 Å². The molecule has 0 fully saturated rings. The number of hydrogen-bond donors (Lipinski definition) is 1. The molecule has 0 aromatic heterocycles. The zero-order chi connectivity index (χ0) is 14.1. The molecule has 0 saturated carbocycles. The van der Waals surface area contributed by atoms with Crippen molar-refractivity contribution in [3.8, 4) is 5.75 Å². The van der Waals surface area contributed by atoms with Crippen molar-refractivity contribution in [2.45, 2.75) is 46.2 Å². The van der Waals surface area contributed by atoms with Crippen LogP contribution >= 0.6 is 0 Å². The smallest absolute Gasteiger partial charge is 0.124 e. The van der Waals surface area contributed by atoms with E-state index in [0.717, 1.165) is 18.2 Å². The van der Waals surface area contributed by atoms with E-state index in [0.29, 0.717) is 12.6 Å². The largest absolute Gasteiger partial charge is 0.489 e. The van der Waals surface area contributed by atoms with E-state index in [1.807, 2.05) is 12.1 Å². The second-order valence-corrected chi connectivity index (χ2v) is 5.24. The van der Waals surface area contributed by atoms with Crippen molar-refractivity contribution in [2.24, 2.45) is 5.92 Å². The van der Waals surface area contributed by atoms with Gasteiger partial charge in [0, 0.05) is 18.2 Å². The Kier molecular flexibility index (Phi) is 7.27. The maximum atomic E-state index is 5.66. The Bertz CT molecular complexity index is 375. The average Bonchev–Trinajstić information content (AvgIpc) is 2.43. The molecule has 2 atom stereocenters. The molecule has 0 spiro atoms. The van der Waals surface area contributed by atoms with Crippen LogP contribution in [-0.2, 0) is 6.54 Å². The standard InChI is InChI=1S/C17H27NO/c1-5-11-19-17-10-8-7-9-16(17)13-18-15(4)12-14(3)6-2/h5,7-10,14-15,18H,1,6,11-13H2,2-4H3. The summed E-state index contributed by atoms with van der Waals surface area (Å²) >= 11 is 0. The van der Waals surface area contributed by atoms with E-state index in [9.17, 15) is 0 Å². The molecule has 0 aliphatic carbocycles. The van der Waals surface area contributed by atoms with Crippen LogP contribution in [-0.4, -0.2) is 12.6 Å². The lowest BCUT2D eigenvalue weighted by Gasteiger charge is -2.18. The Morgan fingerprint density at radius 1 is 1.32 bits per heavy atom. The molecule has 1 N–H and O–H groups in total. The number of nitrogens with one attached hydrogen (secondary N) is 1. The summed E-state index contributed by atoms with van der Waals surface area (Å²) in [7, 11) is 0. The van der Waals surface area contributed by atoms with Gasteiger partial charge in [-0.1, -0.05) is 51.1 Å². The quantitative estimate of drug-likeness (QED) is 0.674. The first kappa shape index (κ1) is 15.8. The molecule has 0 bridgehead atoms. The third kappa shape index (κ3) is 5.93. The Hall–Kier alpha value is -1.28. The molecular weight excluding hydrogens is 234 g/mol. The summed E-state index contributed by atoms with van der Waals surface area (Å²) in [6, 6.07) is 8.71. The number of ether oxygens (including phenoxy) is 1. The molecule has 19 heavy (non-hydrogen) atoms. The van der Waals surface area contributed by atoms with Crippen molar-refractivity contribution >= 4 is 0 Å². The van der Waals surface area contributed by atoms with Gasteiger partial charge >= 0.3 is 0 Å². The van der Waals surface area contributed by atoms with Crippen LogP contribution in [0.2, 0.25) is 0 Å². The lowest BCUT2D eigenvalue weighted by atomic mass is 10.0. The maximum absolute atomic E-state index is 5.66. The predicted molar refractivity (Wildman–Crippen MR) is 82.5 cm³/mol. The monoisotopic (exact) mass is 261 g/mol. The molecule has 2 nitrogen and oxygen atoms in total. The molecule has 106 valence electrons. The van der Waals surface area contributed by atoms with Crippen LogP contribution in [0, 0.1) is 5.92 Å². The van der Waals surface area contributed by atoms with Crippen LogP contribution in [0.3, 0.4) is 0 Å². The SMILES string of the molecule is C=CCOc1ccccc1CNC(C)CC(C)CC. The van der Waals surface area contributed by atoms with Crippen LogP contribution < -0.4 is 10.1 Å². The summed E-state index contributed by atoms with van der Waals surface area (Å²) in [6.07, 6.45) is 4.23. The van der Waals surface area contributed by atoms with Crippen molar-refractivity contribution in [3.05, 3.63) is 42.5 Å². The van der Waals surface area contributed by atoms with Crippen molar-refractivity contribution in [2.75, 3.05) is 6.61 Å². The number of rotatable bonds is 9. The van der Waals surface area contributed by atoms with Crippen molar-refractivity contribution < 1.29 is 4.74 Å². The lowest BCUT2D eigenvalue weighted by molar-refractivity contribution is 0.354. The fraction of sp³-hybridized carbons (Fsp3) is 0.529. The fourth-order valence-electron chi connectivity index (χ4n) is 2.08. The molecule has 0 saturated heterocycles. The summed E-state index contributed by atoms with van der Waals surface area (Å²) in [5.41, 5.74) is 1.21. The highest BCUT2D eigenvalue weighted by Gasteiger charge is 2.08. The minimum absolute atomic E-state index is 0.530. The van der Waals surface area contributed by atoms with E-state index >= 15 is 0 Å². The molecule has 0 amide bonds. The third-order valence-electron chi connectivity index (χ3n) is 3.42. The second kappa shape index (κ2) is 8.76. The highest BCUT2D eigenvalue weighted by molar-refractivity contribution is 5.33. The van der Waals surface area contributed by atoms with Crippen LogP contribution in [0.1, 0.15) is 39.2 Å². The van der Waals surface area contributed by atoms with Gasteiger partial charge in [0.15, 0.2) is 0 Å². The van der Waals surface area contributed by atoms with E-state index in [1.165, 1.54) is 18.4 Å². The highest BCUT2D eigenvalue weighted by Crippen LogP contribution is 2.18. The molecular formula is C17H27NO. The van der Waals surface area contributed by atoms with Crippen LogP contribution in [0.5, 0.6) is 5.75 Å². The number of benzene rings is 1. The van der Waals surface area contributed by atoms with Gasteiger partial charge in [-0.05, 0) is 25.3 Å². The van der Waals surface area contributed by atoms with Crippen LogP contribution in [0.15, 0.2) is 36.9 Å². The predicted octanol–water partition coefficient (Wildman–Crippen LogP) is 4.17. The van der Waals surface area contributed by atoms with E-state index < -0.39 is 0 Å². The van der Waals surface area contributed by atoms with Crippen LogP contribution in [0.4, 0.5) is 0 Å². The van der Waals surface area contributed by atoms with Gasteiger partial charge in [0.1, 0.15) is 12.4 Å². The zero-order valence-corrected chi connectivity index (χ0v) is 12.5. The molecule has 1 aromatic carbocycles. The van der Waals surface area contributed by atoms with E-state index in [-0.39, 0.29) is 0 Å². The third-order valence-corrected chi connectivity index (χ3v) is 3.42. The molecule has 2 unspecified atom stereocenters. The van der Waals surface area contributed by atoms with Crippen molar-refractivity contribution in [1.29, 1.82) is 0 Å². The fourth-order valence-corrected chi connectivity index (χ4v) is 2.08. The second-order valence-electron chi connectivity index (χ2n) is 5.24. The first-order valence-corrected chi connectivity index (χ1v) is 7.22. The maximum Gasteiger partial charge on any atom is 0.124 e. The first-order chi connectivity index (χ1) is 9.17. The van der Waals surface area contributed by atoms with Gasteiger partial charge in [0.25, 0.3) is 0 Å². The van der Waals surface area contributed by atoms with E-state index in [2.05, 4.69) is 44.8 Å². The Labute approximate surface area is 117 Å². The van der Waals surface area contributed by atoms with Gasteiger partial charge in [0.2, 0.25) is 0 Å². The topological polar surface area (TPSA) is 21.3 Å². The van der Waals surface area contributed by atoms with Crippen molar-refractivity contribution in [1.82, 2.24) is 5.32 Å². The average molecular weight is 261 g/mol. The minimum Gasteiger partial charge on any atom is -0.489 e. The molecule has 2 heteroatoms. The van der Waals surface area contributed by atoms with Crippen LogP contribution in [0.25, 0.3) is 0 Å². The van der Waals surface area contributed by atoms with Gasteiger partial charge in [-0.2, -0.15) is 0 Å². The summed E-state index contributed by atoms with van der Waals surface area (Å²) < 4.78 is 5.66. The van der Waals surface area contributed by atoms with E-state index in [4.69, 9.17) is 4.74 Å².